The third-order valence-corrected chi connectivity index (χ3v) is 8.46. The van der Waals surface area contributed by atoms with Gasteiger partial charge in [-0.2, -0.15) is 18.4 Å². The van der Waals surface area contributed by atoms with Gasteiger partial charge in [0.05, 0.1) is 47.5 Å². The minimum atomic E-state index is -4.72. The van der Waals surface area contributed by atoms with Gasteiger partial charge in [-0.3, -0.25) is 4.90 Å². The van der Waals surface area contributed by atoms with Gasteiger partial charge in [0.25, 0.3) is 0 Å². The van der Waals surface area contributed by atoms with Crippen molar-refractivity contribution in [2.75, 3.05) is 13.2 Å². The molecular weight excluding hydrogens is 599 g/mol. The number of rotatable bonds is 8. The Morgan fingerprint density at radius 3 is 2.62 bits per heavy atom. The summed E-state index contributed by atoms with van der Waals surface area (Å²) in [6.07, 6.45) is -3.86. The molecule has 0 unspecified atom stereocenters. The highest BCUT2D eigenvalue weighted by Gasteiger charge is 2.37. The summed E-state index contributed by atoms with van der Waals surface area (Å²) in [6, 6.07) is 10.1. The van der Waals surface area contributed by atoms with Gasteiger partial charge >= 0.3 is 12.1 Å². The lowest BCUT2D eigenvalue weighted by Gasteiger charge is -2.36. The van der Waals surface area contributed by atoms with Crippen LogP contribution in [0.15, 0.2) is 42.5 Å². The second-order valence-corrected chi connectivity index (χ2v) is 11.2. The van der Waals surface area contributed by atoms with Crippen molar-refractivity contribution in [2.24, 2.45) is 0 Å². The van der Waals surface area contributed by atoms with Crippen molar-refractivity contribution in [2.45, 2.75) is 57.8 Å². The fraction of sp³-hybridized carbons (Fsp3) is 0.344. The number of hydrogen-bond acceptors (Lipinski definition) is 6. The van der Waals surface area contributed by atoms with Crippen molar-refractivity contribution in [3.8, 4) is 11.8 Å². The van der Waals surface area contributed by atoms with Crippen molar-refractivity contribution in [3.05, 3.63) is 93.3 Å². The predicted octanol–water partition coefficient (Wildman–Crippen LogP) is 6.39. The average Bonchev–Trinajstić information content (AvgIpc) is 3.32. The number of imidazole rings is 1. The van der Waals surface area contributed by atoms with Crippen LogP contribution in [-0.2, 0) is 37.0 Å². The molecule has 45 heavy (non-hydrogen) atoms. The maximum atomic E-state index is 15.4. The highest BCUT2D eigenvalue weighted by Crippen LogP contribution is 2.42. The zero-order valence-electron chi connectivity index (χ0n) is 24.0. The minimum absolute atomic E-state index is 0.00199. The molecule has 2 aliphatic rings. The van der Waals surface area contributed by atoms with Gasteiger partial charge in [0.2, 0.25) is 0 Å². The Bertz CT molecular complexity index is 1840. The van der Waals surface area contributed by atoms with Crippen LogP contribution in [0, 0.1) is 23.0 Å². The molecule has 0 radical (unpaired) electrons. The smallest absolute Gasteiger partial charge is 0.419 e. The van der Waals surface area contributed by atoms with Gasteiger partial charge in [-0.15, -0.1) is 0 Å². The molecule has 1 N–H and O–H groups in total. The molecule has 0 amide bonds. The molecule has 2 aliphatic heterocycles. The number of carboxylic acids is 1. The average molecular weight is 627 g/mol. The van der Waals surface area contributed by atoms with E-state index in [0.717, 1.165) is 18.6 Å². The van der Waals surface area contributed by atoms with Crippen LogP contribution in [0.3, 0.4) is 0 Å². The van der Waals surface area contributed by atoms with Gasteiger partial charge in [0.1, 0.15) is 29.5 Å². The van der Waals surface area contributed by atoms with E-state index >= 15 is 4.39 Å². The number of aromatic nitrogens is 2. The predicted molar refractivity (Wildman–Crippen MR) is 150 cm³/mol. The molecule has 3 aromatic carbocycles. The first-order chi connectivity index (χ1) is 21.4. The summed E-state index contributed by atoms with van der Waals surface area (Å²) in [5.74, 6) is -3.03. The van der Waals surface area contributed by atoms with Gasteiger partial charge in [-0.25, -0.2) is 18.6 Å². The van der Waals surface area contributed by atoms with E-state index in [1.54, 1.807) is 10.6 Å². The van der Waals surface area contributed by atoms with Crippen LogP contribution in [0.5, 0.6) is 5.75 Å². The number of nitrogens with zero attached hydrogens (tertiary/aromatic N) is 4. The molecule has 8 nitrogen and oxygen atoms in total. The summed E-state index contributed by atoms with van der Waals surface area (Å²) in [6.45, 7) is 2.78. The Labute approximate surface area is 254 Å². The van der Waals surface area contributed by atoms with Crippen LogP contribution in [-0.4, -0.2) is 44.8 Å². The first-order valence-electron chi connectivity index (χ1n) is 14.3. The van der Waals surface area contributed by atoms with E-state index in [1.165, 1.54) is 30.3 Å². The lowest BCUT2D eigenvalue weighted by atomic mass is 9.91. The fourth-order valence-electron chi connectivity index (χ4n) is 5.87. The van der Waals surface area contributed by atoms with Crippen molar-refractivity contribution < 1.29 is 41.3 Å². The van der Waals surface area contributed by atoms with E-state index in [4.69, 9.17) is 14.7 Å². The van der Waals surface area contributed by atoms with Gasteiger partial charge in [-0.1, -0.05) is 6.07 Å². The fourth-order valence-corrected chi connectivity index (χ4v) is 5.87. The number of hydrogen-bond donors (Lipinski definition) is 1. The normalized spacial score (nSPS) is 18.3. The Hall–Kier alpha value is -4.54. The van der Waals surface area contributed by atoms with Crippen LogP contribution in [0.2, 0.25) is 0 Å². The number of aromatic carboxylic acids is 1. The van der Waals surface area contributed by atoms with E-state index in [9.17, 15) is 27.5 Å². The Morgan fingerprint density at radius 2 is 1.98 bits per heavy atom. The number of benzene rings is 3. The van der Waals surface area contributed by atoms with Crippen LogP contribution < -0.4 is 4.74 Å². The van der Waals surface area contributed by atoms with Crippen LogP contribution in [0.4, 0.5) is 22.0 Å². The Kier molecular flexibility index (Phi) is 7.96. The highest BCUT2D eigenvalue weighted by molar-refractivity contribution is 5.93. The van der Waals surface area contributed by atoms with E-state index in [0.29, 0.717) is 30.1 Å². The molecule has 1 saturated heterocycles. The zero-order chi connectivity index (χ0) is 32.0. The second kappa shape index (κ2) is 11.8. The molecule has 0 spiro atoms. The van der Waals surface area contributed by atoms with Gasteiger partial charge < -0.3 is 19.1 Å². The van der Waals surface area contributed by atoms with Gasteiger partial charge in [0, 0.05) is 24.8 Å². The molecule has 3 heterocycles. The number of carbonyl (C=O) groups is 1. The lowest BCUT2D eigenvalue weighted by Crippen LogP contribution is -2.36. The SMILES string of the molecule is C[C@H]1c2cc(OCc3ccc(C#N)cc3F)c(C(F)(F)F)cc2CCN1Cc1nc2ccc(C(=O)O)c(F)c2n1C[C@@H]1CCO1. The standard InChI is InChI=1S/C32H27F5N4O4/c1-17-23-12-27(45-16-20-3-2-18(13-38)10-25(20)33)24(32(35,36)37)11-19(23)6-8-40(17)15-28-39-26-5-4-22(31(42)43)29(34)30(26)41(28)14-21-7-9-44-21/h2-5,10-12,17,21H,6-9,14-16H2,1H3,(H,42,43)/t17-,21-/m0/s1. The van der Waals surface area contributed by atoms with Gasteiger partial charge in [0.15, 0.2) is 5.82 Å². The number of fused-ring (bicyclic) bond motifs is 2. The summed E-state index contributed by atoms with van der Waals surface area (Å²) >= 11 is 0. The number of alkyl halides is 3. The maximum absolute atomic E-state index is 15.4. The number of halogens is 5. The van der Waals surface area contributed by atoms with E-state index < -0.39 is 53.3 Å². The number of carboxylic acid groups (broad SMARTS) is 1. The van der Waals surface area contributed by atoms with Crippen LogP contribution in [0.1, 0.15) is 63.4 Å². The van der Waals surface area contributed by atoms with Crippen molar-refractivity contribution >= 4 is 17.0 Å². The molecule has 13 heteroatoms. The summed E-state index contributed by atoms with van der Waals surface area (Å²) in [4.78, 5) is 18.2. The summed E-state index contributed by atoms with van der Waals surface area (Å²) in [5.41, 5.74) is 0.0755. The lowest BCUT2D eigenvalue weighted by molar-refractivity contribution is -0.139. The zero-order valence-corrected chi connectivity index (χ0v) is 24.0. The van der Waals surface area contributed by atoms with Crippen LogP contribution in [0.25, 0.3) is 11.0 Å². The second-order valence-electron chi connectivity index (χ2n) is 11.2. The molecule has 6 rings (SSSR count). The number of ether oxygens (including phenoxy) is 2. The molecule has 234 valence electrons. The molecule has 2 atom stereocenters. The molecule has 1 aromatic heterocycles. The minimum Gasteiger partial charge on any atom is -0.488 e. The summed E-state index contributed by atoms with van der Waals surface area (Å²) in [5, 5.41) is 18.4. The quantitative estimate of drug-likeness (QED) is 0.226. The topological polar surface area (TPSA) is 101 Å². The molecular formula is C32H27F5N4O4. The van der Waals surface area contributed by atoms with E-state index in [-0.39, 0.29) is 47.8 Å². The summed E-state index contributed by atoms with van der Waals surface area (Å²) in [7, 11) is 0. The molecule has 0 bridgehead atoms. The van der Waals surface area contributed by atoms with Crippen molar-refractivity contribution in [3.63, 3.8) is 0 Å². The van der Waals surface area contributed by atoms with Crippen molar-refractivity contribution in [1.29, 1.82) is 5.26 Å². The first kappa shape index (κ1) is 30.5. The molecule has 0 saturated carbocycles. The monoisotopic (exact) mass is 626 g/mol. The van der Waals surface area contributed by atoms with Crippen molar-refractivity contribution in [1.82, 2.24) is 14.5 Å². The third-order valence-electron chi connectivity index (χ3n) is 8.46. The van der Waals surface area contributed by atoms with E-state index in [2.05, 4.69) is 4.98 Å². The Balaban J connectivity index is 1.32. The van der Waals surface area contributed by atoms with Gasteiger partial charge in [-0.05, 0) is 67.3 Å². The largest absolute Gasteiger partial charge is 0.488 e. The third kappa shape index (κ3) is 5.83. The molecule has 0 aliphatic carbocycles. The highest BCUT2D eigenvalue weighted by atomic mass is 19.4. The summed E-state index contributed by atoms with van der Waals surface area (Å²) < 4.78 is 84.9. The molecule has 1 fully saturated rings. The molecule has 4 aromatic rings. The number of nitriles is 1. The van der Waals surface area contributed by atoms with E-state index in [1.807, 2.05) is 11.8 Å². The first-order valence-corrected chi connectivity index (χ1v) is 14.3. The Morgan fingerprint density at radius 1 is 1.20 bits per heavy atom. The maximum Gasteiger partial charge on any atom is 0.419 e. The van der Waals surface area contributed by atoms with Crippen LogP contribution >= 0.6 is 0 Å².